The first kappa shape index (κ1) is 29.5. The Hall–Kier alpha value is -2.52. The van der Waals surface area contributed by atoms with Gasteiger partial charge in [-0.25, -0.2) is 4.79 Å². The molecule has 0 heterocycles. The molecule has 0 fully saturated rings. The van der Waals surface area contributed by atoms with Crippen LogP contribution in [0.1, 0.15) is 32.3 Å². The van der Waals surface area contributed by atoms with Gasteiger partial charge >= 0.3 is 11.9 Å². The molecule has 0 spiro atoms. The van der Waals surface area contributed by atoms with Crippen molar-refractivity contribution in [2.45, 2.75) is 45.2 Å². The van der Waals surface area contributed by atoms with Crippen molar-refractivity contribution >= 4 is 53.1 Å². The van der Waals surface area contributed by atoms with E-state index in [0.717, 1.165) is 11.3 Å². The van der Waals surface area contributed by atoms with Gasteiger partial charge in [0.25, 0.3) is 0 Å². The molecular formula is C23H33Cl2N3O6. The van der Waals surface area contributed by atoms with Gasteiger partial charge in [-0.05, 0) is 38.0 Å². The monoisotopic (exact) mass is 517 g/mol. The average molecular weight is 518 g/mol. The van der Waals surface area contributed by atoms with Crippen LogP contribution in [0, 0.1) is 0 Å². The number of rotatable bonds is 17. The molecule has 1 aromatic rings. The Morgan fingerprint density at radius 3 is 2.15 bits per heavy atom. The van der Waals surface area contributed by atoms with E-state index >= 15 is 0 Å². The maximum absolute atomic E-state index is 12.9. The molecule has 0 saturated carbocycles. The standard InChI is InChI=1S/C23H33Cl2N3O6/c1-3-33-21(30)10-9-19(23(32)34-4-2)27-22(31)20(26-16-29)15-17-5-7-18(8-6-17)28(13-11-24)14-12-25/h5-8,16,19-20H,3-4,9-15H2,1-2H3,(H,26,29)(H,27,31). The summed E-state index contributed by atoms with van der Waals surface area (Å²) in [4.78, 5) is 50.0. The summed E-state index contributed by atoms with van der Waals surface area (Å²) >= 11 is 11.7. The van der Waals surface area contributed by atoms with Gasteiger partial charge in [-0.15, -0.1) is 23.2 Å². The number of amides is 2. The zero-order chi connectivity index (χ0) is 25.3. The third-order valence-corrected chi connectivity index (χ3v) is 5.20. The van der Waals surface area contributed by atoms with Gasteiger partial charge in [0.2, 0.25) is 12.3 Å². The highest BCUT2D eigenvalue weighted by Gasteiger charge is 2.27. The van der Waals surface area contributed by atoms with Gasteiger partial charge in [0.15, 0.2) is 0 Å². The van der Waals surface area contributed by atoms with Gasteiger partial charge in [0, 0.05) is 43.4 Å². The van der Waals surface area contributed by atoms with Crippen LogP contribution >= 0.6 is 23.2 Å². The Morgan fingerprint density at radius 1 is 1.00 bits per heavy atom. The minimum atomic E-state index is -1.05. The second kappa shape index (κ2) is 17.0. The van der Waals surface area contributed by atoms with E-state index in [0.29, 0.717) is 31.3 Å². The number of nitrogens with one attached hydrogen (secondary N) is 2. The lowest BCUT2D eigenvalue weighted by atomic mass is 10.0. The van der Waals surface area contributed by atoms with Crippen molar-refractivity contribution in [3.05, 3.63) is 29.8 Å². The molecule has 0 aromatic heterocycles. The first-order valence-corrected chi connectivity index (χ1v) is 12.2. The van der Waals surface area contributed by atoms with E-state index in [1.165, 1.54) is 0 Å². The van der Waals surface area contributed by atoms with Gasteiger partial charge in [-0.2, -0.15) is 0 Å². The van der Waals surface area contributed by atoms with Crippen molar-refractivity contribution in [3.63, 3.8) is 0 Å². The normalized spacial score (nSPS) is 12.2. The van der Waals surface area contributed by atoms with Crippen molar-refractivity contribution in [1.29, 1.82) is 0 Å². The summed E-state index contributed by atoms with van der Waals surface area (Å²) in [5.74, 6) is -0.785. The van der Waals surface area contributed by atoms with Crippen LogP contribution in [-0.4, -0.2) is 74.4 Å². The number of esters is 2. The lowest BCUT2D eigenvalue weighted by Crippen LogP contribution is -2.51. The molecule has 0 bridgehead atoms. The van der Waals surface area contributed by atoms with E-state index < -0.39 is 29.9 Å². The summed E-state index contributed by atoms with van der Waals surface area (Å²) in [7, 11) is 0. The average Bonchev–Trinajstić information content (AvgIpc) is 2.82. The maximum atomic E-state index is 12.9. The predicted octanol–water partition coefficient (Wildman–Crippen LogP) is 2.02. The fourth-order valence-corrected chi connectivity index (χ4v) is 3.63. The van der Waals surface area contributed by atoms with Gasteiger partial charge in [-0.3, -0.25) is 14.4 Å². The Bertz CT molecular complexity index is 772. The lowest BCUT2D eigenvalue weighted by Gasteiger charge is -2.24. The number of carbonyl (C=O) groups excluding carboxylic acids is 4. The third-order valence-electron chi connectivity index (χ3n) is 4.87. The molecule has 34 heavy (non-hydrogen) atoms. The van der Waals surface area contributed by atoms with E-state index in [-0.39, 0.29) is 32.5 Å². The molecular weight excluding hydrogens is 485 g/mol. The number of carbonyl (C=O) groups is 4. The van der Waals surface area contributed by atoms with E-state index in [1.807, 2.05) is 29.2 Å². The number of ether oxygens (including phenoxy) is 2. The third kappa shape index (κ3) is 10.6. The van der Waals surface area contributed by atoms with Crippen LogP contribution in [0.2, 0.25) is 0 Å². The molecule has 0 aliphatic rings. The summed E-state index contributed by atoms with van der Waals surface area (Å²) in [5.41, 5.74) is 1.74. The molecule has 2 atom stereocenters. The Labute approximate surface area is 210 Å². The van der Waals surface area contributed by atoms with Crippen LogP contribution in [0.25, 0.3) is 0 Å². The van der Waals surface area contributed by atoms with Gasteiger partial charge in [0.05, 0.1) is 13.2 Å². The van der Waals surface area contributed by atoms with Crippen LogP contribution in [-0.2, 0) is 35.1 Å². The Kier molecular flexibility index (Phi) is 14.8. The minimum Gasteiger partial charge on any atom is -0.466 e. The largest absolute Gasteiger partial charge is 0.466 e. The lowest BCUT2D eigenvalue weighted by molar-refractivity contribution is -0.149. The summed E-state index contributed by atoms with van der Waals surface area (Å²) in [6.45, 7) is 4.95. The van der Waals surface area contributed by atoms with Crippen LogP contribution in [0.3, 0.4) is 0 Å². The molecule has 0 aliphatic carbocycles. The summed E-state index contributed by atoms with van der Waals surface area (Å²) in [6.07, 6.45) is 0.581. The predicted molar refractivity (Wildman–Crippen MR) is 131 cm³/mol. The van der Waals surface area contributed by atoms with Crippen molar-refractivity contribution < 1.29 is 28.7 Å². The number of hydrogen-bond donors (Lipinski definition) is 2. The molecule has 190 valence electrons. The first-order valence-electron chi connectivity index (χ1n) is 11.2. The molecule has 1 aromatic carbocycles. The number of nitrogens with zero attached hydrogens (tertiary/aromatic N) is 1. The number of hydrogen-bond acceptors (Lipinski definition) is 7. The van der Waals surface area contributed by atoms with Crippen molar-refractivity contribution in [2.24, 2.45) is 0 Å². The topological polar surface area (TPSA) is 114 Å². The van der Waals surface area contributed by atoms with Crippen LogP contribution in [0.4, 0.5) is 5.69 Å². The molecule has 9 nitrogen and oxygen atoms in total. The SMILES string of the molecule is CCOC(=O)CCC(NC(=O)C(Cc1ccc(N(CCCl)CCCl)cc1)NC=O)C(=O)OCC. The molecule has 2 unspecified atom stereocenters. The number of benzene rings is 1. The van der Waals surface area contributed by atoms with E-state index in [9.17, 15) is 19.2 Å². The first-order chi connectivity index (χ1) is 16.4. The van der Waals surface area contributed by atoms with E-state index in [1.54, 1.807) is 13.8 Å². The van der Waals surface area contributed by atoms with Crippen molar-refractivity contribution in [3.8, 4) is 0 Å². The molecule has 0 radical (unpaired) electrons. The number of alkyl halides is 2. The zero-order valence-electron chi connectivity index (χ0n) is 19.6. The summed E-state index contributed by atoms with van der Waals surface area (Å²) in [6, 6.07) is 5.51. The van der Waals surface area contributed by atoms with E-state index in [2.05, 4.69) is 10.6 Å². The van der Waals surface area contributed by atoms with Crippen LogP contribution < -0.4 is 15.5 Å². The smallest absolute Gasteiger partial charge is 0.328 e. The molecule has 0 aliphatic heterocycles. The van der Waals surface area contributed by atoms with Crippen LogP contribution in [0.15, 0.2) is 24.3 Å². The molecule has 2 N–H and O–H groups in total. The zero-order valence-corrected chi connectivity index (χ0v) is 21.1. The number of anilines is 1. The van der Waals surface area contributed by atoms with Crippen LogP contribution in [0.5, 0.6) is 0 Å². The maximum Gasteiger partial charge on any atom is 0.328 e. The quantitative estimate of drug-likeness (QED) is 0.184. The fraction of sp³-hybridized carbons (Fsp3) is 0.565. The van der Waals surface area contributed by atoms with Gasteiger partial charge in [-0.1, -0.05) is 12.1 Å². The fourth-order valence-electron chi connectivity index (χ4n) is 3.22. The second-order valence-electron chi connectivity index (χ2n) is 7.23. The molecule has 1 rings (SSSR count). The number of halogens is 2. The highest BCUT2D eigenvalue weighted by atomic mass is 35.5. The molecule has 11 heteroatoms. The summed E-state index contributed by atoms with van der Waals surface area (Å²) < 4.78 is 9.89. The minimum absolute atomic E-state index is 0.0168. The Morgan fingerprint density at radius 2 is 1.62 bits per heavy atom. The molecule has 0 saturated heterocycles. The Balaban J connectivity index is 2.89. The van der Waals surface area contributed by atoms with Gasteiger partial charge in [0.1, 0.15) is 12.1 Å². The van der Waals surface area contributed by atoms with Crippen molar-refractivity contribution in [1.82, 2.24) is 10.6 Å². The highest BCUT2D eigenvalue weighted by Crippen LogP contribution is 2.17. The van der Waals surface area contributed by atoms with E-state index in [4.69, 9.17) is 32.7 Å². The van der Waals surface area contributed by atoms with Gasteiger partial charge < -0.3 is 25.0 Å². The molecule has 2 amide bonds. The highest BCUT2D eigenvalue weighted by molar-refractivity contribution is 6.18. The summed E-state index contributed by atoms with van der Waals surface area (Å²) in [5, 5.41) is 5.08. The van der Waals surface area contributed by atoms with Crippen molar-refractivity contribution in [2.75, 3.05) is 43.0 Å². The second-order valence-corrected chi connectivity index (χ2v) is 7.99.